The Labute approximate surface area is 129 Å². The molecule has 0 bridgehead atoms. The highest BCUT2D eigenvalue weighted by Crippen LogP contribution is 2.31. The minimum atomic E-state index is -3.20. The quantitative estimate of drug-likeness (QED) is 0.582. The van der Waals surface area contributed by atoms with Crippen LogP contribution >= 0.6 is 23.4 Å². The molecule has 2 heterocycles. The van der Waals surface area contributed by atoms with Crippen LogP contribution < -0.4 is 0 Å². The fourth-order valence-corrected chi connectivity index (χ4v) is 3.45. The largest absolute Gasteiger partial charge is 0.341 e. The van der Waals surface area contributed by atoms with Crippen molar-refractivity contribution in [3.05, 3.63) is 35.9 Å². The minimum absolute atomic E-state index is 0.116. The number of aromatic amines is 1. The molecule has 1 aromatic carbocycles. The summed E-state index contributed by atoms with van der Waals surface area (Å²) in [5.41, 5.74) is 1.18. The van der Waals surface area contributed by atoms with E-state index in [1.807, 2.05) is 0 Å². The number of aromatic nitrogens is 4. The summed E-state index contributed by atoms with van der Waals surface area (Å²) in [7, 11) is -3.20. The van der Waals surface area contributed by atoms with Crippen LogP contribution in [0.5, 0.6) is 0 Å². The van der Waals surface area contributed by atoms with Crippen molar-refractivity contribution in [3.63, 3.8) is 0 Å². The summed E-state index contributed by atoms with van der Waals surface area (Å²) in [4.78, 5) is 16.3. The number of nitrogens with zero attached hydrogens (tertiary/aromatic N) is 3. The second-order valence-electron chi connectivity index (χ2n) is 4.24. The molecule has 108 valence electrons. The third kappa shape index (κ3) is 3.02. The average molecular weight is 341 g/mol. The molecule has 0 unspecified atom stereocenters. The molecule has 0 radical (unpaired) electrons. The van der Waals surface area contributed by atoms with Crippen LogP contribution in [0.1, 0.15) is 0 Å². The summed E-state index contributed by atoms with van der Waals surface area (Å²) < 4.78 is 22.9. The first-order valence-corrected chi connectivity index (χ1v) is 8.87. The van der Waals surface area contributed by atoms with Gasteiger partial charge in [-0.05, 0) is 35.9 Å². The first-order chi connectivity index (χ1) is 9.93. The monoisotopic (exact) mass is 340 g/mol. The lowest BCUT2D eigenvalue weighted by Crippen LogP contribution is -1.96. The molecule has 3 rings (SSSR count). The Morgan fingerprint density at radius 2 is 1.90 bits per heavy atom. The Bertz CT molecular complexity index is 907. The van der Waals surface area contributed by atoms with E-state index >= 15 is 0 Å². The van der Waals surface area contributed by atoms with Gasteiger partial charge in [0.1, 0.15) is 10.5 Å². The van der Waals surface area contributed by atoms with Crippen molar-refractivity contribution in [1.29, 1.82) is 0 Å². The number of rotatable bonds is 3. The maximum absolute atomic E-state index is 11.4. The van der Waals surface area contributed by atoms with Crippen LogP contribution in [-0.4, -0.2) is 34.6 Å². The number of benzene rings is 1. The van der Waals surface area contributed by atoms with Gasteiger partial charge < -0.3 is 4.98 Å². The van der Waals surface area contributed by atoms with Gasteiger partial charge in [-0.25, -0.2) is 18.4 Å². The van der Waals surface area contributed by atoms with E-state index < -0.39 is 9.84 Å². The molecule has 21 heavy (non-hydrogen) atoms. The van der Waals surface area contributed by atoms with Crippen LogP contribution in [0.15, 0.2) is 45.4 Å². The highest BCUT2D eigenvalue weighted by Gasteiger charge is 2.11. The van der Waals surface area contributed by atoms with Gasteiger partial charge in [-0.3, -0.25) is 0 Å². The molecule has 0 amide bonds. The SMILES string of the molecule is CS(=O)(=O)c1ccc(Sc2nc(Cl)nc3nc[nH]c23)cc1. The zero-order valence-corrected chi connectivity index (χ0v) is 13.1. The predicted octanol–water partition coefficient (Wildman–Crippen LogP) is 2.56. The first-order valence-electron chi connectivity index (χ1n) is 5.78. The number of H-pyrrole nitrogens is 1. The van der Waals surface area contributed by atoms with Crippen molar-refractivity contribution in [3.8, 4) is 0 Å². The summed E-state index contributed by atoms with van der Waals surface area (Å²) in [6, 6.07) is 6.56. The van der Waals surface area contributed by atoms with Crippen LogP contribution in [0.3, 0.4) is 0 Å². The van der Waals surface area contributed by atoms with Gasteiger partial charge in [0.05, 0.1) is 11.2 Å². The molecule has 9 heteroatoms. The zero-order valence-electron chi connectivity index (χ0n) is 10.7. The van der Waals surface area contributed by atoms with E-state index in [4.69, 9.17) is 11.6 Å². The van der Waals surface area contributed by atoms with Gasteiger partial charge >= 0.3 is 0 Å². The summed E-state index contributed by atoms with van der Waals surface area (Å²) in [6.45, 7) is 0. The number of sulfone groups is 1. The van der Waals surface area contributed by atoms with E-state index in [9.17, 15) is 8.42 Å². The molecule has 0 saturated heterocycles. The molecule has 0 aliphatic heterocycles. The molecule has 0 atom stereocenters. The van der Waals surface area contributed by atoms with Crippen molar-refractivity contribution >= 4 is 44.4 Å². The van der Waals surface area contributed by atoms with Crippen LogP contribution in [0.2, 0.25) is 5.28 Å². The fraction of sp³-hybridized carbons (Fsp3) is 0.0833. The zero-order chi connectivity index (χ0) is 15.0. The van der Waals surface area contributed by atoms with Gasteiger partial charge in [0.25, 0.3) is 0 Å². The lowest BCUT2D eigenvalue weighted by atomic mass is 10.4. The Morgan fingerprint density at radius 3 is 2.57 bits per heavy atom. The second kappa shape index (κ2) is 5.28. The van der Waals surface area contributed by atoms with Gasteiger partial charge in [0.2, 0.25) is 5.28 Å². The predicted molar refractivity (Wildman–Crippen MR) is 80.4 cm³/mol. The average Bonchev–Trinajstić information content (AvgIpc) is 2.86. The third-order valence-electron chi connectivity index (χ3n) is 2.69. The van der Waals surface area contributed by atoms with Crippen LogP contribution in [0.4, 0.5) is 0 Å². The van der Waals surface area contributed by atoms with Crippen LogP contribution in [0, 0.1) is 0 Å². The van der Waals surface area contributed by atoms with Crippen molar-refractivity contribution in [2.75, 3.05) is 6.26 Å². The number of halogens is 1. The topological polar surface area (TPSA) is 88.6 Å². The molecular weight excluding hydrogens is 332 g/mol. The highest BCUT2D eigenvalue weighted by molar-refractivity contribution is 7.99. The Kier molecular flexibility index (Phi) is 3.60. The summed E-state index contributed by atoms with van der Waals surface area (Å²) in [5, 5.41) is 0.750. The molecule has 0 spiro atoms. The second-order valence-corrected chi connectivity index (χ2v) is 7.66. The van der Waals surface area contributed by atoms with Crippen molar-refractivity contribution < 1.29 is 8.42 Å². The van der Waals surface area contributed by atoms with Crippen LogP contribution in [0.25, 0.3) is 11.2 Å². The minimum Gasteiger partial charge on any atom is -0.341 e. The van der Waals surface area contributed by atoms with E-state index in [-0.39, 0.29) is 10.2 Å². The summed E-state index contributed by atoms with van der Waals surface area (Å²) >= 11 is 7.22. The van der Waals surface area contributed by atoms with E-state index in [0.717, 1.165) is 4.90 Å². The molecule has 0 aliphatic carbocycles. The number of fused-ring (bicyclic) bond motifs is 1. The molecule has 6 nitrogen and oxygen atoms in total. The first kappa shape index (κ1) is 14.3. The molecule has 3 aromatic rings. The maximum atomic E-state index is 11.4. The highest BCUT2D eigenvalue weighted by atomic mass is 35.5. The molecule has 0 fully saturated rings. The van der Waals surface area contributed by atoms with Gasteiger partial charge in [0, 0.05) is 11.2 Å². The van der Waals surface area contributed by atoms with Crippen molar-refractivity contribution in [2.45, 2.75) is 14.8 Å². The Hall–Kier alpha value is -1.64. The Morgan fingerprint density at radius 1 is 1.19 bits per heavy atom. The number of nitrogens with one attached hydrogen (secondary N) is 1. The summed E-state index contributed by atoms with van der Waals surface area (Å²) in [5.74, 6) is 0. The molecule has 0 aliphatic rings. The van der Waals surface area contributed by atoms with E-state index in [2.05, 4.69) is 19.9 Å². The van der Waals surface area contributed by atoms with E-state index in [0.29, 0.717) is 16.2 Å². The third-order valence-corrected chi connectivity index (χ3v) is 4.99. The standard InChI is InChI=1S/C12H9ClN4O2S2/c1-21(18,19)8-4-2-7(3-5-8)20-11-9-10(15-6-14-9)16-12(13)17-11/h2-6H,1H3,(H,14,15,16,17). The maximum Gasteiger partial charge on any atom is 0.225 e. The van der Waals surface area contributed by atoms with Gasteiger partial charge in [-0.1, -0.05) is 11.8 Å². The van der Waals surface area contributed by atoms with Crippen molar-refractivity contribution in [1.82, 2.24) is 19.9 Å². The molecule has 1 N–H and O–H groups in total. The number of hydrogen-bond acceptors (Lipinski definition) is 6. The van der Waals surface area contributed by atoms with Gasteiger partial charge in [-0.2, -0.15) is 4.98 Å². The normalized spacial score (nSPS) is 11.9. The Balaban J connectivity index is 1.97. The molecular formula is C12H9ClN4O2S2. The fourth-order valence-electron chi connectivity index (χ4n) is 1.72. The number of imidazole rings is 1. The van der Waals surface area contributed by atoms with Crippen molar-refractivity contribution in [2.24, 2.45) is 0 Å². The lowest BCUT2D eigenvalue weighted by Gasteiger charge is -2.03. The van der Waals surface area contributed by atoms with E-state index in [1.54, 1.807) is 24.3 Å². The van der Waals surface area contributed by atoms with Gasteiger partial charge in [-0.15, -0.1) is 0 Å². The van der Waals surface area contributed by atoms with Gasteiger partial charge in [0.15, 0.2) is 15.5 Å². The van der Waals surface area contributed by atoms with E-state index in [1.165, 1.54) is 24.3 Å². The lowest BCUT2D eigenvalue weighted by molar-refractivity contribution is 0.602. The summed E-state index contributed by atoms with van der Waals surface area (Å²) in [6.07, 6.45) is 2.69. The molecule has 0 saturated carbocycles. The molecule has 2 aromatic heterocycles. The van der Waals surface area contributed by atoms with Crippen LogP contribution in [-0.2, 0) is 9.84 Å². The smallest absolute Gasteiger partial charge is 0.225 e. The number of hydrogen-bond donors (Lipinski definition) is 1.